The fraction of sp³-hybridized carbons (Fsp3) is 0.154. The van der Waals surface area contributed by atoms with Crippen LogP contribution in [0.1, 0.15) is 10.4 Å². The van der Waals surface area contributed by atoms with Crippen LogP contribution in [0, 0.1) is 0 Å². The lowest BCUT2D eigenvalue weighted by Gasteiger charge is -2.06. The number of carbonyl (C=O) groups is 1. The minimum atomic E-state index is -0.230. The van der Waals surface area contributed by atoms with E-state index in [0.29, 0.717) is 0 Å². The molecule has 3 nitrogen and oxygen atoms in total. The Hall–Kier alpha value is -1.39. The predicted molar refractivity (Wildman–Crippen MR) is 69.5 cm³/mol. The van der Waals surface area contributed by atoms with Crippen molar-refractivity contribution in [3.8, 4) is 5.75 Å². The number of hydrogen-bond acceptors (Lipinski definition) is 3. The van der Waals surface area contributed by atoms with Crippen LogP contribution in [0.3, 0.4) is 0 Å². The van der Waals surface area contributed by atoms with E-state index in [4.69, 9.17) is 4.74 Å². The summed E-state index contributed by atoms with van der Waals surface area (Å²) in [4.78, 5) is 11.7. The summed E-state index contributed by atoms with van der Waals surface area (Å²) >= 11 is 3.37. The topological polar surface area (TPSA) is 46.5 Å². The molecule has 0 saturated heterocycles. The molecule has 0 bridgehead atoms. The number of methoxy groups -OCH3 is 1. The zero-order valence-electron chi connectivity index (χ0n) is 9.24. The van der Waals surface area contributed by atoms with Gasteiger partial charge in [0.2, 0.25) is 0 Å². The van der Waals surface area contributed by atoms with E-state index in [-0.39, 0.29) is 23.7 Å². The van der Waals surface area contributed by atoms with Gasteiger partial charge in [-0.1, -0.05) is 22.0 Å². The van der Waals surface area contributed by atoms with Gasteiger partial charge in [0.05, 0.1) is 5.56 Å². The van der Waals surface area contributed by atoms with Crippen molar-refractivity contribution in [1.29, 1.82) is 0 Å². The van der Waals surface area contributed by atoms with Crippen molar-refractivity contribution in [2.24, 2.45) is 0 Å². The third-order valence-electron chi connectivity index (χ3n) is 2.49. The molecular formula is C13H11BrO3. The molecule has 2 aromatic rings. The van der Waals surface area contributed by atoms with Gasteiger partial charge in [0.25, 0.3) is 0 Å². The van der Waals surface area contributed by atoms with E-state index in [1.807, 2.05) is 18.2 Å². The van der Waals surface area contributed by atoms with E-state index in [9.17, 15) is 9.90 Å². The Morgan fingerprint density at radius 1 is 1.29 bits per heavy atom. The summed E-state index contributed by atoms with van der Waals surface area (Å²) < 4.78 is 5.71. The van der Waals surface area contributed by atoms with Crippen molar-refractivity contribution in [2.45, 2.75) is 0 Å². The van der Waals surface area contributed by atoms with E-state index < -0.39 is 0 Å². The molecule has 0 amide bonds. The Bertz CT molecular complexity index is 578. The SMILES string of the molecule is COCC(=O)c1cc2cc(Br)ccc2cc1O. The van der Waals surface area contributed by atoms with Crippen molar-refractivity contribution in [3.05, 3.63) is 40.4 Å². The van der Waals surface area contributed by atoms with Crippen LogP contribution >= 0.6 is 15.9 Å². The lowest BCUT2D eigenvalue weighted by molar-refractivity contribution is 0.0845. The number of hydrogen-bond donors (Lipinski definition) is 1. The molecule has 0 fully saturated rings. The number of phenols is 1. The van der Waals surface area contributed by atoms with Crippen LogP contribution in [0.5, 0.6) is 5.75 Å². The van der Waals surface area contributed by atoms with Gasteiger partial charge < -0.3 is 9.84 Å². The maximum atomic E-state index is 11.7. The monoisotopic (exact) mass is 294 g/mol. The first kappa shape index (κ1) is 12.1. The van der Waals surface area contributed by atoms with Crippen LogP contribution < -0.4 is 0 Å². The van der Waals surface area contributed by atoms with Gasteiger partial charge in [0, 0.05) is 11.6 Å². The molecule has 0 aliphatic heterocycles. The quantitative estimate of drug-likeness (QED) is 0.885. The smallest absolute Gasteiger partial charge is 0.192 e. The van der Waals surface area contributed by atoms with Gasteiger partial charge in [0.1, 0.15) is 12.4 Å². The highest BCUT2D eigenvalue weighted by Crippen LogP contribution is 2.27. The summed E-state index contributed by atoms with van der Waals surface area (Å²) in [5, 5.41) is 11.6. The maximum Gasteiger partial charge on any atom is 0.192 e. The van der Waals surface area contributed by atoms with Crippen LogP contribution in [0.2, 0.25) is 0 Å². The molecule has 0 radical (unpaired) electrons. The Morgan fingerprint density at radius 3 is 2.76 bits per heavy atom. The lowest BCUT2D eigenvalue weighted by atomic mass is 10.0. The molecule has 2 aromatic carbocycles. The van der Waals surface area contributed by atoms with Gasteiger partial charge in [0.15, 0.2) is 5.78 Å². The van der Waals surface area contributed by atoms with E-state index >= 15 is 0 Å². The largest absolute Gasteiger partial charge is 0.507 e. The number of rotatable bonds is 3. The Kier molecular flexibility index (Phi) is 3.45. The number of ketones is 1. The van der Waals surface area contributed by atoms with Gasteiger partial charge in [-0.05, 0) is 35.0 Å². The van der Waals surface area contributed by atoms with Crippen LogP contribution in [-0.4, -0.2) is 24.6 Å². The van der Waals surface area contributed by atoms with E-state index in [0.717, 1.165) is 15.2 Å². The zero-order valence-corrected chi connectivity index (χ0v) is 10.8. The highest BCUT2D eigenvalue weighted by atomic mass is 79.9. The highest BCUT2D eigenvalue weighted by Gasteiger charge is 2.12. The summed E-state index contributed by atoms with van der Waals surface area (Å²) in [6.07, 6.45) is 0. The molecule has 17 heavy (non-hydrogen) atoms. The number of benzene rings is 2. The molecule has 2 rings (SSSR count). The fourth-order valence-electron chi connectivity index (χ4n) is 1.69. The first-order valence-electron chi connectivity index (χ1n) is 5.06. The molecule has 0 saturated carbocycles. The van der Waals surface area contributed by atoms with E-state index in [2.05, 4.69) is 15.9 Å². The summed E-state index contributed by atoms with van der Waals surface area (Å²) in [5.41, 5.74) is 0.289. The molecular weight excluding hydrogens is 284 g/mol. The number of aromatic hydroxyl groups is 1. The molecule has 0 unspecified atom stereocenters. The average molecular weight is 295 g/mol. The summed E-state index contributed by atoms with van der Waals surface area (Å²) in [5.74, 6) is -0.242. The van der Waals surface area contributed by atoms with Gasteiger partial charge in [-0.2, -0.15) is 0 Å². The Balaban J connectivity index is 2.57. The number of halogens is 1. The van der Waals surface area contributed by atoms with Crippen molar-refractivity contribution in [2.75, 3.05) is 13.7 Å². The molecule has 0 heterocycles. The van der Waals surface area contributed by atoms with Crippen molar-refractivity contribution in [1.82, 2.24) is 0 Å². The molecule has 0 aliphatic carbocycles. The maximum absolute atomic E-state index is 11.7. The first-order chi connectivity index (χ1) is 8.11. The van der Waals surface area contributed by atoms with Crippen LogP contribution in [0.4, 0.5) is 0 Å². The van der Waals surface area contributed by atoms with Gasteiger partial charge in [-0.15, -0.1) is 0 Å². The number of Topliss-reactive ketones (excluding diaryl/α,β-unsaturated/α-hetero) is 1. The summed E-state index contributed by atoms with van der Waals surface area (Å²) in [7, 11) is 1.45. The molecule has 88 valence electrons. The van der Waals surface area contributed by atoms with Crippen molar-refractivity contribution in [3.63, 3.8) is 0 Å². The van der Waals surface area contributed by atoms with Gasteiger partial charge >= 0.3 is 0 Å². The minimum absolute atomic E-state index is 0.0122. The first-order valence-corrected chi connectivity index (χ1v) is 5.85. The summed E-state index contributed by atoms with van der Waals surface area (Å²) in [6.45, 7) is -0.0347. The fourth-order valence-corrected chi connectivity index (χ4v) is 2.07. The number of carbonyl (C=O) groups excluding carboxylic acids is 1. The number of phenolic OH excluding ortho intramolecular Hbond substituents is 1. The van der Waals surface area contributed by atoms with Crippen LogP contribution in [-0.2, 0) is 4.74 Å². The van der Waals surface area contributed by atoms with Crippen molar-refractivity contribution < 1.29 is 14.6 Å². The number of ether oxygens (including phenoxy) is 1. The Labute approximate surface area is 107 Å². The third kappa shape index (κ3) is 2.48. The normalized spacial score (nSPS) is 10.7. The summed E-state index contributed by atoms with van der Waals surface area (Å²) in [6, 6.07) is 8.93. The highest BCUT2D eigenvalue weighted by molar-refractivity contribution is 9.10. The molecule has 0 spiro atoms. The van der Waals surface area contributed by atoms with E-state index in [1.165, 1.54) is 7.11 Å². The predicted octanol–water partition coefficient (Wildman–Crippen LogP) is 3.14. The molecule has 4 heteroatoms. The van der Waals surface area contributed by atoms with E-state index in [1.54, 1.807) is 12.1 Å². The third-order valence-corrected chi connectivity index (χ3v) is 2.99. The van der Waals surface area contributed by atoms with Crippen molar-refractivity contribution >= 4 is 32.5 Å². The molecule has 0 aromatic heterocycles. The zero-order chi connectivity index (χ0) is 12.4. The molecule has 0 aliphatic rings. The standard InChI is InChI=1S/C13H11BrO3/c1-17-7-13(16)11-5-9-4-10(14)3-2-8(9)6-12(11)15/h2-6,15H,7H2,1H3. The van der Waals surface area contributed by atoms with Crippen LogP contribution in [0.25, 0.3) is 10.8 Å². The second-order valence-corrected chi connectivity index (χ2v) is 4.63. The Morgan fingerprint density at radius 2 is 2.06 bits per heavy atom. The molecule has 0 atom stereocenters. The second-order valence-electron chi connectivity index (χ2n) is 3.72. The average Bonchev–Trinajstić information content (AvgIpc) is 2.29. The van der Waals surface area contributed by atoms with Crippen LogP contribution in [0.15, 0.2) is 34.8 Å². The minimum Gasteiger partial charge on any atom is -0.507 e. The van der Waals surface area contributed by atoms with Gasteiger partial charge in [-0.25, -0.2) is 0 Å². The second kappa shape index (κ2) is 4.85. The lowest BCUT2D eigenvalue weighted by Crippen LogP contribution is -2.07. The van der Waals surface area contributed by atoms with Gasteiger partial charge in [-0.3, -0.25) is 4.79 Å². The molecule has 1 N–H and O–H groups in total. The number of fused-ring (bicyclic) bond motifs is 1.